The number of aryl methyl sites for hydroxylation is 2. The summed E-state index contributed by atoms with van der Waals surface area (Å²) >= 11 is 1.82. The van der Waals surface area contributed by atoms with E-state index >= 15 is 0 Å². The molecule has 1 saturated heterocycles. The molecule has 2 aliphatic rings. The van der Waals surface area contributed by atoms with E-state index < -0.39 is 0 Å². The molecule has 2 aromatic heterocycles. The lowest BCUT2D eigenvalue weighted by Crippen LogP contribution is -2.09. The van der Waals surface area contributed by atoms with E-state index in [1.54, 1.807) is 0 Å². The second kappa shape index (κ2) is 4.97. The lowest BCUT2D eigenvalue weighted by Gasteiger charge is -2.11. The van der Waals surface area contributed by atoms with E-state index in [4.69, 9.17) is 15.5 Å². The zero-order valence-electron chi connectivity index (χ0n) is 11.5. The number of nitrogens with zero attached hydrogens (tertiary/aromatic N) is 2. The first-order valence-electron chi connectivity index (χ1n) is 7.45. The Bertz CT molecular complexity index is 646. The van der Waals surface area contributed by atoms with Crippen LogP contribution in [0.25, 0.3) is 10.2 Å². The average Bonchev–Trinajstić information content (AvgIpc) is 3.05. The number of nitrogen functional groups attached to an aromatic ring is 1. The molecule has 0 spiro atoms. The summed E-state index contributed by atoms with van der Waals surface area (Å²) in [7, 11) is 0. The van der Waals surface area contributed by atoms with Crippen molar-refractivity contribution in [2.75, 3.05) is 18.9 Å². The van der Waals surface area contributed by atoms with Gasteiger partial charge in [0, 0.05) is 24.5 Å². The summed E-state index contributed by atoms with van der Waals surface area (Å²) in [6.07, 6.45) is 6.88. The first kappa shape index (κ1) is 12.5. The van der Waals surface area contributed by atoms with Gasteiger partial charge in [0.15, 0.2) is 0 Å². The Balaban J connectivity index is 1.73. The van der Waals surface area contributed by atoms with Gasteiger partial charge in [0.1, 0.15) is 16.5 Å². The number of aromatic nitrogens is 2. The molecule has 1 unspecified atom stereocenters. The summed E-state index contributed by atoms with van der Waals surface area (Å²) in [4.78, 5) is 11.9. The van der Waals surface area contributed by atoms with Crippen molar-refractivity contribution in [2.24, 2.45) is 5.92 Å². The summed E-state index contributed by atoms with van der Waals surface area (Å²) in [5.74, 6) is 2.13. The van der Waals surface area contributed by atoms with E-state index in [0.29, 0.717) is 11.7 Å². The number of fused-ring (bicyclic) bond motifs is 3. The van der Waals surface area contributed by atoms with Crippen molar-refractivity contribution in [3.63, 3.8) is 0 Å². The Hall–Kier alpha value is -1.20. The molecular weight excluding hydrogens is 270 g/mol. The van der Waals surface area contributed by atoms with Gasteiger partial charge in [0.25, 0.3) is 0 Å². The van der Waals surface area contributed by atoms with Crippen molar-refractivity contribution >= 4 is 27.4 Å². The van der Waals surface area contributed by atoms with Crippen LogP contribution in [-0.4, -0.2) is 23.2 Å². The summed E-state index contributed by atoms with van der Waals surface area (Å²) in [5.41, 5.74) is 7.64. The predicted molar refractivity (Wildman–Crippen MR) is 81.1 cm³/mol. The van der Waals surface area contributed by atoms with Gasteiger partial charge in [0.05, 0.1) is 5.39 Å². The van der Waals surface area contributed by atoms with Crippen LogP contribution in [0.3, 0.4) is 0 Å². The molecule has 4 nitrogen and oxygen atoms in total. The van der Waals surface area contributed by atoms with Gasteiger partial charge >= 0.3 is 0 Å². The fourth-order valence-corrected chi connectivity index (χ4v) is 4.61. The first-order chi connectivity index (χ1) is 9.81. The summed E-state index contributed by atoms with van der Waals surface area (Å²) in [6.45, 7) is 1.71. The molecule has 4 rings (SSSR count). The first-order valence-corrected chi connectivity index (χ1v) is 8.27. The highest BCUT2D eigenvalue weighted by Crippen LogP contribution is 2.37. The normalized spacial score (nSPS) is 22.3. The van der Waals surface area contributed by atoms with Gasteiger partial charge in [-0.25, -0.2) is 9.97 Å². The van der Waals surface area contributed by atoms with Gasteiger partial charge in [-0.15, -0.1) is 11.3 Å². The molecule has 2 N–H and O–H groups in total. The number of hydrogen-bond donors (Lipinski definition) is 1. The van der Waals surface area contributed by atoms with Crippen LogP contribution in [0.4, 0.5) is 5.82 Å². The molecule has 106 valence electrons. The summed E-state index contributed by atoms with van der Waals surface area (Å²) in [6, 6.07) is 0. The third-order valence-corrected chi connectivity index (χ3v) is 5.57. The predicted octanol–water partition coefficient (Wildman–Crippen LogP) is 2.73. The van der Waals surface area contributed by atoms with Crippen molar-refractivity contribution in [1.82, 2.24) is 9.97 Å². The molecule has 1 aliphatic carbocycles. The second-order valence-electron chi connectivity index (χ2n) is 5.85. The smallest absolute Gasteiger partial charge is 0.136 e. The lowest BCUT2D eigenvalue weighted by atomic mass is 9.97. The van der Waals surface area contributed by atoms with Crippen LogP contribution >= 0.6 is 11.3 Å². The Kier molecular flexibility index (Phi) is 3.11. The number of hydrogen-bond acceptors (Lipinski definition) is 5. The maximum atomic E-state index is 6.22. The standard InChI is InChI=1S/C15H19N3OS/c16-14-13-10-3-1-2-4-11(10)20-15(13)18-12(17-14)7-9-5-6-19-8-9/h9H,1-8H2,(H2,16,17,18). The Morgan fingerprint density at radius 2 is 2.15 bits per heavy atom. The van der Waals surface area contributed by atoms with Crippen LogP contribution < -0.4 is 5.73 Å². The summed E-state index contributed by atoms with van der Waals surface area (Å²) in [5, 5.41) is 1.14. The van der Waals surface area contributed by atoms with E-state index in [1.165, 1.54) is 29.7 Å². The molecule has 0 radical (unpaired) electrons. The van der Waals surface area contributed by atoms with E-state index in [1.807, 2.05) is 11.3 Å². The van der Waals surface area contributed by atoms with Crippen LogP contribution in [0.1, 0.15) is 35.5 Å². The SMILES string of the molecule is Nc1nc(CC2CCOC2)nc2sc3c(c12)CCCC3. The Morgan fingerprint density at radius 1 is 1.25 bits per heavy atom. The third-order valence-electron chi connectivity index (χ3n) is 4.38. The molecule has 20 heavy (non-hydrogen) atoms. The average molecular weight is 289 g/mol. The molecular formula is C15H19N3OS. The van der Waals surface area contributed by atoms with Crippen molar-refractivity contribution in [3.05, 3.63) is 16.3 Å². The zero-order valence-corrected chi connectivity index (χ0v) is 12.3. The fraction of sp³-hybridized carbons (Fsp3) is 0.600. The van der Waals surface area contributed by atoms with Crippen molar-refractivity contribution in [1.29, 1.82) is 0 Å². The van der Waals surface area contributed by atoms with E-state index in [9.17, 15) is 0 Å². The molecule has 5 heteroatoms. The molecule has 0 bridgehead atoms. The Morgan fingerprint density at radius 3 is 3.00 bits per heavy atom. The number of nitrogens with two attached hydrogens (primary N) is 1. The van der Waals surface area contributed by atoms with Crippen LogP contribution in [-0.2, 0) is 24.0 Å². The van der Waals surface area contributed by atoms with Gasteiger partial charge in [-0.2, -0.15) is 0 Å². The molecule has 1 aliphatic heterocycles. The lowest BCUT2D eigenvalue weighted by molar-refractivity contribution is 0.185. The van der Waals surface area contributed by atoms with E-state index in [-0.39, 0.29) is 0 Å². The van der Waals surface area contributed by atoms with E-state index in [2.05, 4.69) is 4.98 Å². The molecule has 3 heterocycles. The van der Waals surface area contributed by atoms with Crippen molar-refractivity contribution in [2.45, 2.75) is 38.5 Å². The third kappa shape index (κ3) is 2.09. The minimum absolute atomic E-state index is 0.557. The monoisotopic (exact) mass is 289 g/mol. The minimum Gasteiger partial charge on any atom is -0.383 e. The quantitative estimate of drug-likeness (QED) is 0.923. The minimum atomic E-state index is 0.557. The molecule has 1 fully saturated rings. The van der Waals surface area contributed by atoms with Gasteiger partial charge in [-0.05, 0) is 43.6 Å². The van der Waals surface area contributed by atoms with Crippen LogP contribution in [0.15, 0.2) is 0 Å². The topological polar surface area (TPSA) is 61.0 Å². The highest BCUT2D eigenvalue weighted by atomic mass is 32.1. The highest BCUT2D eigenvalue weighted by Gasteiger charge is 2.22. The van der Waals surface area contributed by atoms with Crippen molar-refractivity contribution < 1.29 is 4.74 Å². The second-order valence-corrected chi connectivity index (χ2v) is 6.93. The van der Waals surface area contributed by atoms with Crippen molar-refractivity contribution in [3.8, 4) is 0 Å². The van der Waals surface area contributed by atoms with Crippen LogP contribution in [0.5, 0.6) is 0 Å². The van der Waals surface area contributed by atoms with Gasteiger partial charge in [-0.1, -0.05) is 0 Å². The fourth-order valence-electron chi connectivity index (χ4n) is 3.33. The van der Waals surface area contributed by atoms with Crippen LogP contribution in [0.2, 0.25) is 0 Å². The maximum Gasteiger partial charge on any atom is 0.136 e. The highest BCUT2D eigenvalue weighted by molar-refractivity contribution is 7.19. The molecule has 2 aromatic rings. The summed E-state index contributed by atoms with van der Waals surface area (Å²) < 4.78 is 5.43. The van der Waals surface area contributed by atoms with Gasteiger partial charge in [-0.3, -0.25) is 0 Å². The van der Waals surface area contributed by atoms with Gasteiger partial charge in [0.2, 0.25) is 0 Å². The molecule has 0 aromatic carbocycles. The Labute approximate surface area is 122 Å². The maximum absolute atomic E-state index is 6.22. The number of thiophene rings is 1. The molecule has 0 amide bonds. The number of rotatable bonds is 2. The zero-order chi connectivity index (χ0) is 13.5. The number of anilines is 1. The molecule has 1 atom stereocenters. The number of ether oxygens (including phenoxy) is 1. The van der Waals surface area contributed by atoms with Gasteiger partial charge < -0.3 is 10.5 Å². The van der Waals surface area contributed by atoms with E-state index in [0.717, 1.165) is 48.5 Å². The molecule has 0 saturated carbocycles. The van der Waals surface area contributed by atoms with Crippen LogP contribution in [0, 0.1) is 5.92 Å². The largest absolute Gasteiger partial charge is 0.383 e.